The number of hydrogen-bond acceptors (Lipinski definition) is 5. The lowest BCUT2D eigenvalue weighted by Crippen LogP contribution is -2.59. The molecule has 1 spiro atoms. The molecule has 2 saturated heterocycles. The molecule has 34 heavy (non-hydrogen) atoms. The molecule has 1 saturated carbocycles. The van der Waals surface area contributed by atoms with Crippen LogP contribution in [0.2, 0.25) is 0 Å². The maximum atomic E-state index is 13.9. The SMILES string of the molecule is CC1C/C=C/[C@H]2[C@@H]3O[C@]3(C)[C@@H](C)[C@H]3[C@H](Cc4ccccc4)NC(=O)[C@]32[C@H](O)/C=C/[C@@](C)(O)C1=O. The summed E-state index contributed by atoms with van der Waals surface area (Å²) < 4.78 is 6.28. The molecule has 5 rings (SSSR count). The van der Waals surface area contributed by atoms with E-state index in [-0.39, 0.29) is 47.2 Å². The second-order valence-corrected chi connectivity index (χ2v) is 11.1. The first-order valence-corrected chi connectivity index (χ1v) is 12.4. The summed E-state index contributed by atoms with van der Waals surface area (Å²) >= 11 is 0. The zero-order valence-electron chi connectivity index (χ0n) is 20.3. The Kier molecular flexibility index (Phi) is 5.43. The molecule has 1 aromatic rings. The number of carbonyl (C=O) groups excluding carboxylic acids is 2. The number of aliphatic hydroxyl groups excluding tert-OH is 1. The lowest BCUT2D eigenvalue weighted by atomic mass is 9.51. The summed E-state index contributed by atoms with van der Waals surface area (Å²) in [7, 11) is 0. The van der Waals surface area contributed by atoms with Crippen LogP contribution >= 0.6 is 0 Å². The van der Waals surface area contributed by atoms with E-state index in [1.165, 1.54) is 19.1 Å². The van der Waals surface area contributed by atoms with Crippen molar-refractivity contribution in [3.05, 3.63) is 60.2 Å². The van der Waals surface area contributed by atoms with Crippen molar-refractivity contribution in [1.29, 1.82) is 0 Å². The van der Waals surface area contributed by atoms with Gasteiger partial charge in [0.25, 0.3) is 0 Å². The smallest absolute Gasteiger partial charge is 0.230 e. The molecule has 1 unspecified atom stereocenters. The highest BCUT2D eigenvalue weighted by Crippen LogP contribution is 2.66. The van der Waals surface area contributed by atoms with Crippen molar-refractivity contribution >= 4 is 11.7 Å². The summed E-state index contributed by atoms with van der Waals surface area (Å²) in [5.41, 5.74) is -2.12. The molecule has 0 aromatic heterocycles. The van der Waals surface area contributed by atoms with Gasteiger partial charge in [-0.2, -0.15) is 0 Å². The molecule has 1 aromatic carbocycles. The van der Waals surface area contributed by atoms with E-state index in [4.69, 9.17) is 4.74 Å². The van der Waals surface area contributed by atoms with Gasteiger partial charge in [0.1, 0.15) is 5.60 Å². The lowest BCUT2D eigenvalue weighted by molar-refractivity contribution is -0.142. The zero-order valence-corrected chi connectivity index (χ0v) is 20.3. The number of carbonyl (C=O) groups is 2. The fourth-order valence-corrected chi connectivity index (χ4v) is 7.04. The Hall–Kier alpha value is -2.28. The Balaban J connectivity index is 1.64. The number of fused-ring (bicyclic) bond motifs is 2. The number of benzene rings is 1. The van der Waals surface area contributed by atoms with Gasteiger partial charge in [-0.3, -0.25) is 9.59 Å². The number of rotatable bonds is 2. The average Bonchev–Trinajstić information content (AvgIpc) is 3.42. The van der Waals surface area contributed by atoms with Crippen LogP contribution in [0.25, 0.3) is 0 Å². The highest BCUT2D eigenvalue weighted by Gasteiger charge is 2.77. The maximum absolute atomic E-state index is 13.9. The van der Waals surface area contributed by atoms with E-state index in [0.29, 0.717) is 12.8 Å². The molecular weight excluding hydrogens is 430 g/mol. The van der Waals surface area contributed by atoms with Crippen LogP contribution in [0.4, 0.5) is 0 Å². The Morgan fingerprint density at radius 1 is 1.12 bits per heavy atom. The van der Waals surface area contributed by atoms with Crippen LogP contribution in [0.1, 0.15) is 39.7 Å². The molecule has 2 heterocycles. The molecule has 4 aliphatic rings. The van der Waals surface area contributed by atoms with Gasteiger partial charge in [-0.05, 0) is 44.2 Å². The minimum atomic E-state index is -1.72. The summed E-state index contributed by atoms with van der Waals surface area (Å²) in [6.07, 6.45) is 6.48. The molecule has 182 valence electrons. The normalized spacial score (nSPS) is 49.6. The van der Waals surface area contributed by atoms with Crippen molar-refractivity contribution in [3.8, 4) is 0 Å². The molecule has 1 amide bonds. The lowest BCUT2D eigenvalue weighted by Gasteiger charge is -2.48. The molecule has 0 radical (unpaired) electrons. The summed E-state index contributed by atoms with van der Waals surface area (Å²) in [5, 5.41) is 25.8. The van der Waals surface area contributed by atoms with Gasteiger partial charge < -0.3 is 20.3 Å². The van der Waals surface area contributed by atoms with Gasteiger partial charge in [0.05, 0.1) is 23.2 Å². The number of epoxide rings is 1. The van der Waals surface area contributed by atoms with Crippen molar-refractivity contribution in [1.82, 2.24) is 5.32 Å². The Morgan fingerprint density at radius 3 is 2.53 bits per heavy atom. The second kappa shape index (κ2) is 7.87. The summed E-state index contributed by atoms with van der Waals surface area (Å²) in [4.78, 5) is 26.7. The van der Waals surface area contributed by atoms with E-state index in [1.807, 2.05) is 30.4 Å². The third-order valence-electron chi connectivity index (χ3n) is 9.07. The predicted molar refractivity (Wildman–Crippen MR) is 128 cm³/mol. The fourth-order valence-electron chi connectivity index (χ4n) is 7.04. The quantitative estimate of drug-likeness (QED) is 0.461. The van der Waals surface area contributed by atoms with Crippen LogP contribution in [0.15, 0.2) is 54.6 Å². The van der Waals surface area contributed by atoms with Crippen molar-refractivity contribution in [2.75, 3.05) is 0 Å². The standard InChI is InChI=1S/C28H35NO5/c1-16-9-8-12-19-24-27(4,34-24)17(2)22-20(15-18-10-6-5-7-11-18)29-25(32)28(19,22)21(30)13-14-26(3,33)23(16)31/h5-8,10-14,16-17,19-22,24,30,33H,9,15H2,1-4H3,(H,29,32)/b12-8+,14-13+/t16?,17-,19-,20-,21+,22-,24-,26+,27+,28+/m0/s1. The summed E-state index contributed by atoms with van der Waals surface area (Å²) in [6.45, 7) is 7.46. The van der Waals surface area contributed by atoms with E-state index < -0.39 is 23.0 Å². The third kappa shape index (κ3) is 3.26. The predicted octanol–water partition coefficient (Wildman–Crippen LogP) is 2.59. The molecule has 3 fully saturated rings. The van der Waals surface area contributed by atoms with Crippen molar-refractivity contribution < 1.29 is 24.5 Å². The second-order valence-electron chi connectivity index (χ2n) is 11.1. The van der Waals surface area contributed by atoms with Gasteiger partial charge in [-0.15, -0.1) is 0 Å². The Labute approximate surface area is 201 Å². The fraction of sp³-hybridized carbons (Fsp3) is 0.571. The van der Waals surface area contributed by atoms with Crippen LogP contribution in [-0.4, -0.2) is 51.4 Å². The number of aliphatic hydroxyl groups is 2. The molecule has 0 bridgehead atoms. The van der Waals surface area contributed by atoms with Crippen LogP contribution in [0.3, 0.4) is 0 Å². The number of hydrogen-bond donors (Lipinski definition) is 3. The number of Topliss-reactive ketones (excluding diaryl/α,β-unsaturated/α-hetero) is 1. The van der Waals surface area contributed by atoms with Gasteiger partial charge in [0, 0.05) is 23.8 Å². The number of ketones is 1. The van der Waals surface area contributed by atoms with Gasteiger partial charge in [-0.1, -0.05) is 62.4 Å². The summed E-state index contributed by atoms with van der Waals surface area (Å²) in [5.74, 6) is -1.41. The number of ether oxygens (including phenoxy) is 1. The molecule has 3 N–H and O–H groups in total. The number of nitrogens with one attached hydrogen (secondary N) is 1. The first-order chi connectivity index (χ1) is 16.0. The summed E-state index contributed by atoms with van der Waals surface area (Å²) in [6, 6.07) is 9.89. The van der Waals surface area contributed by atoms with E-state index in [1.54, 1.807) is 6.92 Å². The van der Waals surface area contributed by atoms with Crippen molar-refractivity contribution in [2.24, 2.45) is 29.1 Å². The Morgan fingerprint density at radius 2 is 1.82 bits per heavy atom. The monoisotopic (exact) mass is 465 g/mol. The average molecular weight is 466 g/mol. The maximum Gasteiger partial charge on any atom is 0.230 e. The van der Waals surface area contributed by atoms with E-state index in [2.05, 4.69) is 31.3 Å². The molecule has 2 aliphatic carbocycles. The molecular formula is C28H35NO5. The first kappa shape index (κ1) is 23.5. The van der Waals surface area contributed by atoms with Crippen LogP contribution in [-0.2, 0) is 20.7 Å². The van der Waals surface area contributed by atoms with Gasteiger partial charge in [0.15, 0.2) is 5.78 Å². The van der Waals surface area contributed by atoms with Crippen molar-refractivity contribution in [2.45, 2.75) is 70.0 Å². The van der Waals surface area contributed by atoms with E-state index in [9.17, 15) is 19.8 Å². The van der Waals surface area contributed by atoms with Crippen LogP contribution in [0.5, 0.6) is 0 Å². The van der Waals surface area contributed by atoms with Gasteiger partial charge >= 0.3 is 0 Å². The van der Waals surface area contributed by atoms with E-state index >= 15 is 0 Å². The third-order valence-corrected chi connectivity index (χ3v) is 9.07. The van der Waals surface area contributed by atoms with Gasteiger partial charge in [-0.25, -0.2) is 0 Å². The Bertz CT molecular complexity index is 1050. The molecule has 6 heteroatoms. The highest BCUT2D eigenvalue weighted by molar-refractivity contribution is 5.91. The molecule has 2 aliphatic heterocycles. The minimum Gasteiger partial charge on any atom is -0.388 e. The molecule has 6 nitrogen and oxygen atoms in total. The van der Waals surface area contributed by atoms with Gasteiger partial charge in [0.2, 0.25) is 5.91 Å². The minimum absolute atomic E-state index is 0.0176. The van der Waals surface area contributed by atoms with Crippen LogP contribution < -0.4 is 5.32 Å². The van der Waals surface area contributed by atoms with Crippen molar-refractivity contribution in [3.63, 3.8) is 0 Å². The number of allylic oxidation sites excluding steroid dienone is 1. The topological polar surface area (TPSA) is 99.2 Å². The molecule has 10 atom stereocenters. The first-order valence-electron chi connectivity index (χ1n) is 12.4. The van der Waals surface area contributed by atoms with E-state index in [0.717, 1.165) is 5.56 Å². The zero-order chi connectivity index (χ0) is 24.5. The largest absolute Gasteiger partial charge is 0.388 e. The van der Waals surface area contributed by atoms with Crippen LogP contribution in [0, 0.1) is 29.1 Å². The highest BCUT2D eigenvalue weighted by atomic mass is 16.6. The number of amides is 1.